The van der Waals surface area contributed by atoms with Gasteiger partial charge in [-0.1, -0.05) is 19.3 Å². The smallest absolute Gasteiger partial charge is 0.303 e. The lowest BCUT2D eigenvalue weighted by Gasteiger charge is -2.37. The maximum atomic E-state index is 10.9. The van der Waals surface area contributed by atoms with Crippen LogP contribution in [0.25, 0.3) is 0 Å². The molecule has 0 unspecified atom stereocenters. The maximum Gasteiger partial charge on any atom is 0.303 e. The molecule has 0 amide bonds. The summed E-state index contributed by atoms with van der Waals surface area (Å²) in [6.07, 6.45) is 7.32. The van der Waals surface area contributed by atoms with Gasteiger partial charge in [0, 0.05) is 0 Å². The Morgan fingerprint density at radius 3 is 2.25 bits per heavy atom. The maximum absolute atomic E-state index is 10.9. The lowest BCUT2D eigenvalue weighted by molar-refractivity contribution is -0.140. The highest BCUT2D eigenvalue weighted by molar-refractivity contribution is 5.67. The van der Waals surface area contributed by atoms with E-state index in [4.69, 9.17) is 5.11 Å². The number of carboxylic acid groups (broad SMARTS) is 1. The molecule has 1 fully saturated rings. The van der Waals surface area contributed by atoms with E-state index in [0.29, 0.717) is 6.42 Å². The van der Waals surface area contributed by atoms with Crippen LogP contribution >= 0.6 is 0 Å². The van der Waals surface area contributed by atoms with Crippen LogP contribution in [-0.4, -0.2) is 21.8 Å². The summed E-state index contributed by atoms with van der Waals surface area (Å²) in [5.74, 6) is -0.697. The van der Waals surface area contributed by atoms with E-state index in [-0.39, 0.29) is 11.8 Å². The van der Waals surface area contributed by atoms with Crippen LogP contribution in [-0.2, 0) is 4.79 Å². The van der Waals surface area contributed by atoms with Crippen molar-refractivity contribution in [2.75, 3.05) is 0 Å². The molecule has 0 saturated heterocycles. The fourth-order valence-electron chi connectivity index (χ4n) is 2.71. The number of rotatable bonds is 5. The minimum atomic E-state index is -0.697. The first-order valence-corrected chi connectivity index (χ1v) is 6.27. The highest BCUT2D eigenvalue weighted by atomic mass is 16.4. The van der Waals surface area contributed by atoms with Crippen LogP contribution in [0.3, 0.4) is 0 Å². The van der Waals surface area contributed by atoms with E-state index in [2.05, 4.69) is 0 Å². The molecule has 0 atom stereocenters. The number of aliphatic hydroxyl groups is 1. The highest BCUT2D eigenvalue weighted by Gasteiger charge is 2.35. The molecule has 0 aromatic heterocycles. The van der Waals surface area contributed by atoms with Gasteiger partial charge in [-0.15, -0.1) is 0 Å². The minimum absolute atomic E-state index is 0.0515. The van der Waals surface area contributed by atoms with Gasteiger partial charge in [-0.25, -0.2) is 0 Å². The average Bonchev–Trinajstić information content (AvgIpc) is 2.14. The molecule has 1 aliphatic carbocycles. The van der Waals surface area contributed by atoms with Gasteiger partial charge in [0.05, 0.1) is 12.0 Å². The van der Waals surface area contributed by atoms with Gasteiger partial charge in [0.25, 0.3) is 0 Å². The SMILES string of the molecule is CC(C)(O)CCC1(CC(=O)O)CCCCC1. The highest BCUT2D eigenvalue weighted by Crippen LogP contribution is 2.44. The molecule has 0 radical (unpaired) electrons. The van der Waals surface area contributed by atoms with Crippen molar-refractivity contribution in [3.05, 3.63) is 0 Å². The van der Waals surface area contributed by atoms with Crippen LogP contribution in [0.5, 0.6) is 0 Å². The van der Waals surface area contributed by atoms with Crippen LogP contribution in [0.1, 0.15) is 65.2 Å². The predicted octanol–water partition coefficient (Wildman–Crippen LogP) is 2.96. The van der Waals surface area contributed by atoms with Crippen molar-refractivity contribution in [3.63, 3.8) is 0 Å². The van der Waals surface area contributed by atoms with Crippen LogP contribution in [0, 0.1) is 5.41 Å². The molecule has 1 rings (SSSR count). The molecule has 0 aromatic rings. The first-order valence-electron chi connectivity index (χ1n) is 6.27. The Hall–Kier alpha value is -0.570. The van der Waals surface area contributed by atoms with Gasteiger partial charge >= 0.3 is 5.97 Å². The third kappa shape index (κ3) is 4.52. The molecular formula is C13H24O3. The Labute approximate surface area is 97.9 Å². The monoisotopic (exact) mass is 228 g/mol. The number of carbonyl (C=O) groups is 1. The fraction of sp³-hybridized carbons (Fsp3) is 0.923. The second-order valence-electron chi connectivity index (χ2n) is 5.94. The zero-order valence-electron chi connectivity index (χ0n) is 10.5. The Morgan fingerprint density at radius 2 is 1.81 bits per heavy atom. The topological polar surface area (TPSA) is 57.5 Å². The largest absolute Gasteiger partial charge is 0.481 e. The van der Waals surface area contributed by atoms with E-state index in [0.717, 1.165) is 32.1 Å². The summed E-state index contributed by atoms with van der Waals surface area (Å²) in [7, 11) is 0. The molecule has 1 aliphatic rings. The van der Waals surface area contributed by atoms with Crippen molar-refractivity contribution in [3.8, 4) is 0 Å². The summed E-state index contributed by atoms with van der Waals surface area (Å²) < 4.78 is 0. The van der Waals surface area contributed by atoms with Gasteiger partial charge in [-0.05, 0) is 44.9 Å². The van der Waals surface area contributed by atoms with E-state index >= 15 is 0 Å². The molecule has 0 bridgehead atoms. The Bertz CT molecular complexity index is 234. The van der Waals surface area contributed by atoms with Gasteiger partial charge in [0.2, 0.25) is 0 Å². The quantitative estimate of drug-likeness (QED) is 0.760. The molecular weight excluding hydrogens is 204 g/mol. The Balaban J connectivity index is 2.59. The fourth-order valence-corrected chi connectivity index (χ4v) is 2.71. The molecule has 1 saturated carbocycles. The molecule has 0 spiro atoms. The van der Waals surface area contributed by atoms with Crippen LogP contribution in [0.2, 0.25) is 0 Å². The second-order valence-corrected chi connectivity index (χ2v) is 5.94. The van der Waals surface area contributed by atoms with E-state index < -0.39 is 11.6 Å². The summed E-state index contributed by atoms with van der Waals surface area (Å²) in [6.45, 7) is 3.59. The molecule has 0 heterocycles. The van der Waals surface area contributed by atoms with Crippen molar-refractivity contribution in [1.82, 2.24) is 0 Å². The average molecular weight is 228 g/mol. The van der Waals surface area contributed by atoms with Crippen molar-refractivity contribution in [2.24, 2.45) is 5.41 Å². The van der Waals surface area contributed by atoms with Gasteiger partial charge < -0.3 is 10.2 Å². The summed E-state index contributed by atoms with van der Waals surface area (Å²) in [5, 5.41) is 18.7. The van der Waals surface area contributed by atoms with Crippen LogP contribution < -0.4 is 0 Å². The summed E-state index contributed by atoms with van der Waals surface area (Å²) in [6, 6.07) is 0. The molecule has 2 N–H and O–H groups in total. The standard InChI is InChI=1S/C13H24O3/c1-12(2,16)8-9-13(10-11(14)15)6-4-3-5-7-13/h16H,3-10H2,1-2H3,(H,14,15). The third-order valence-electron chi connectivity index (χ3n) is 3.71. The number of aliphatic carboxylic acids is 1. The van der Waals surface area contributed by atoms with Crippen molar-refractivity contribution < 1.29 is 15.0 Å². The summed E-state index contributed by atoms with van der Waals surface area (Å²) in [5.41, 5.74) is -0.729. The van der Waals surface area contributed by atoms with Crippen molar-refractivity contribution in [2.45, 2.75) is 70.8 Å². The molecule has 0 aliphatic heterocycles. The zero-order chi connectivity index (χ0) is 12.2. The molecule has 16 heavy (non-hydrogen) atoms. The van der Waals surface area contributed by atoms with E-state index in [9.17, 15) is 9.90 Å². The Morgan fingerprint density at radius 1 is 1.25 bits per heavy atom. The zero-order valence-corrected chi connectivity index (χ0v) is 10.5. The number of hydrogen-bond donors (Lipinski definition) is 2. The normalized spacial score (nSPS) is 20.7. The second kappa shape index (κ2) is 5.17. The van der Waals surface area contributed by atoms with Gasteiger partial charge in [0.1, 0.15) is 0 Å². The molecule has 94 valence electrons. The number of hydrogen-bond acceptors (Lipinski definition) is 2. The molecule has 3 nitrogen and oxygen atoms in total. The lowest BCUT2D eigenvalue weighted by Crippen LogP contribution is -2.30. The van der Waals surface area contributed by atoms with Crippen LogP contribution in [0.15, 0.2) is 0 Å². The van der Waals surface area contributed by atoms with Gasteiger partial charge in [-0.2, -0.15) is 0 Å². The van der Waals surface area contributed by atoms with E-state index in [1.165, 1.54) is 6.42 Å². The lowest BCUT2D eigenvalue weighted by atomic mass is 9.68. The molecule has 0 aromatic carbocycles. The first kappa shape index (κ1) is 13.5. The summed E-state index contributed by atoms with van der Waals surface area (Å²) in [4.78, 5) is 10.9. The van der Waals surface area contributed by atoms with Crippen LogP contribution in [0.4, 0.5) is 0 Å². The third-order valence-corrected chi connectivity index (χ3v) is 3.71. The first-order chi connectivity index (χ1) is 7.33. The van der Waals surface area contributed by atoms with Gasteiger partial charge in [-0.3, -0.25) is 4.79 Å². The van der Waals surface area contributed by atoms with Crippen molar-refractivity contribution >= 4 is 5.97 Å². The van der Waals surface area contributed by atoms with Gasteiger partial charge in [0.15, 0.2) is 0 Å². The van der Waals surface area contributed by atoms with E-state index in [1.807, 2.05) is 0 Å². The van der Waals surface area contributed by atoms with E-state index in [1.54, 1.807) is 13.8 Å². The number of carboxylic acids is 1. The summed E-state index contributed by atoms with van der Waals surface area (Å²) >= 11 is 0. The minimum Gasteiger partial charge on any atom is -0.481 e. The van der Waals surface area contributed by atoms with Crippen molar-refractivity contribution in [1.29, 1.82) is 0 Å². The predicted molar refractivity (Wildman–Crippen MR) is 63.3 cm³/mol. The molecule has 3 heteroatoms. The Kier molecular flexibility index (Phi) is 4.36.